The summed E-state index contributed by atoms with van der Waals surface area (Å²) < 4.78 is 45.5. The zero-order valence-corrected chi connectivity index (χ0v) is 19.8. The van der Waals surface area contributed by atoms with Gasteiger partial charge in [-0.3, -0.25) is 9.59 Å². The lowest BCUT2D eigenvalue weighted by atomic mass is 9.77. The molecule has 188 valence electrons. The summed E-state index contributed by atoms with van der Waals surface area (Å²) in [6.07, 6.45) is 4.36. The lowest BCUT2D eigenvalue weighted by Crippen LogP contribution is -2.56. The van der Waals surface area contributed by atoms with Crippen LogP contribution < -0.4 is 11.1 Å². The fraction of sp³-hybridized carbons (Fsp3) is 0.462. The second-order valence-corrected chi connectivity index (χ2v) is 9.50. The first-order valence-electron chi connectivity index (χ1n) is 11.8. The molecule has 0 saturated carbocycles. The van der Waals surface area contributed by atoms with E-state index in [0.29, 0.717) is 31.5 Å². The minimum absolute atomic E-state index is 0.0847. The SMILES string of the molecule is CC1=COCC1C(=O)N1CCC[C@H](C(=O)Nc2ccc(C)c(C(F)(F)F)c2)[C@@H]1C1C=CC(N)=CC1. The molecule has 0 radical (unpaired) electrons. The van der Waals surface area contributed by atoms with E-state index >= 15 is 0 Å². The Morgan fingerprint density at radius 1 is 1.23 bits per heavy atom. The van der Waals surface area contributed by atoms with Crippen LogP contribution in [-0.4, -0.2) is 35.9 Å². The van der Waals surface area contributed by atoms with Crippen LogP contribution in [0.5, 0.6) is 0 Å². The van der Waals surface area contributed by atoms with Crippen LogP contribution in [0.1, 0.15) is 37.3 Å². The standard InChI is InChI=1S/C26H30F3N3O3/c1-15-5-10-19(12-22(15)26(27,28)29)31-24(33)20-4-3-11-32(25(34)21-14-35-13-16(21)2)23(20)17-6-8-18(30)9-7-17/h5-6,8-10,12-13,17,20-21,23H,3-4,7,11,14,30H2,1-2H3,(H,31,33)/t17?,20-,21?,23-/m0/s1. The molecule has 2 unspecified atom stereocenters. The number of halogens is 3. The van der Waals surface area contributed by atoms with Gasteiger partial charge in [0.15, 0.2) is 0 Å². The molecule has 1 aromatic rings. The Balaban J connectivity index is 1.62. The second-order valence-electron chi connectivity index (χ2n) is 9.50. The molecule has 9 heteroatoms. The average molecular weight is 490 g/mol. The van der Waals surface area contributed by atoms with Gasteiger partial charge in [-0.15, -0.1) is 0 Å². The number of alkyl halides is 3. The van der Waals surface area contributed by atoms with Gasteiger partial charge in [0.2, 0.25) is 11.8 Å². The number of nitrogens with zero attached hydrogens (tertiary/aromatic N) is 1. The second kappa shape index (κ2) is 9.79. The Hall–Kier alpha value is -3.23. The van der Waals surface area contributed by atoms with E-state index in [1.165, 1.54) is 19.1 Å². The topological polar surface area (TPSA) is 84.7 Å². The summed E-state index contributed by atoms with van der Waals surface area (Å²) in [5.74, 6) is -1.62. The van der Waals surface area contributed by atoms with Gasteiger partial charge in [-0.05, 0) is 62.5 Å². The molecule has 1 saturated heterocycles. The van der Waals surface area contributed by atoms with E-state index in [1.807, 2.05) is 19.1 Å². The molecule has 0 aromatic heterocycles. The summed E-state index contributed by atoms with van der Waals surface area (Å²) in [6.45, 7) is 4.00. The van der Waals surface area contributed by atoms with Gasteiger partial charge in [0, 0.05) is 29.9 Å². The van der Waals surface area contributed by atoms with Crippen molar-refractivity contribution in [2.75, 3.05) is 18.5 Å². The zero-order valence-electron chi connectivity index (χ0n) is 19.8. The van der Waals surface area contributed by atoms with Crippen LogP contribution in [0.15, 0.2) is 54.0 Å². The number of rotatable bonds is 4. The molecule has 0 bridgehead atoms. The van der Waals surface area contributed by atoms with Crippen LogP contribution in [0.3, 0.4) is 0 Å². The fourth-order valence-corrected chi connectivity index (χ4v) is 5.19. The molecule has 0 spiro atoms. The highest BCUT2D eigenvalue weighted by atomic mass is 19.4. The molecule has 3 aliphatic rings. The molecule has 35 heavy (non-hydrogen) atoms. The average Bonchev–Trinajstić information content (AvgIpc) is 3.25. The quantitative estimate of drug-likeness (QED) is 0.651. The molecule has 1 fully saturated rings. The number of benzene rings is 1. The van der Waals surface area contributed by atoms with E-state index in [-0.39, 0.29) is 29.7 Å². The minimum atomic E-state index is -4.52. The Kier molecular flexibility index (Phi) is 6.96. The normalized spacial score (nSPS) is 26.6. The van der Waals surface area contributed by atoms with Crippen molar-refractivity contribution in [1.82, 2.24) is 4.90 Å². The number of ether oxygens (including phenoxy) is 1. The first-order valence-corrected chi connectivity index (χ1v) is 11.8. The lowest BCUT2D eigenvalue weighted by Gasteiger charge is -2.45. The van der Waals surface area contributed by atoms with E-state index in [4.69, 9.17) is 10.5 Å². The first-order chi connectivity index (χ1) is 16.6. The van der Waals surface area contributed by atoms with Gasteiger partial charge in [-0.1, -0.05) is 18.2 Å². The maximum Gasteiger partial charge on any atom is 0.416 e. The van der Waals surface area contributed by atoms with Gasteiger partial charge in [-0.2, -0.15) is 13.2 Å². The van der Waals surface area contributed by atoms with Crippen molar-refractivity contribution in [3.05, 3.63) is 65.1 Å². The van der Waals surface area contributed by atoms with Crippen molar-refractivity contribution >= 4 is 17.5 Å². The van der Waals surface area contributed by atoms with Crippen molar-refractivity contribution in [3.8, 4) is 0 Å². The van der Waals surface area contributed by atoms with Gasteiger partial charge in [-0.25, -0.2) is 0 Å². The van der Waals surface area contributed by atoms with Gasteiger partial charge in [0.1, 0.15) is 6.61 Å². The summed E-state index contributed by atoms with van der Waals surface area (Å²) in [5, 5.41) is 2.69. The first kappa shape index (κ1) is 24.9. The van der Waals surface area contributed by atoms with Crippen LogP contribution in [0.25, 0.3) is 0 Å². The zero-order chi connectivity index (χ0) is 25.3. The van der Waals surface area contributed by atoms with Crippen molar-refractivity contribution in [3.63, 3.8) is 0 Å². The van der Waals surface area contributed by atoms with E-state index in [9.17, 15) is 22.8 Å². The Morgan fingerprint density at radius 2 is 2.00 bits per heavy atom. The predicted octanol–water partition coefficient (Wildman–Crippen LogP) is 4.53. The van der Waals surface area contributed by atoms with Crippen LogP contribution >= 0.6 is 0 Å². The number of carbonyl (C=O) groups excluding carboxylic acids is 2. The van der Waals surface area contributed by atoms with E-state index in [2.05, 4.69) is 5.32 Å². The molecule has 4 atom stereocenters. The van der Waals surface area contributed by atoms with Gasteiger partial charge >= 0.3 is 6.18 Å². The third-order valence-electron chi connectivity index (χ3n) is 7.10. The molecule has 2 amide bonds. The molecule has 1 aliphatic carbocycles. The van der Waals surface area contributed by atoms with E-state index in [0.717, 1.165) is 11.6 Å². The number of hydrogen-bond acceptors (Lipinski definition) is 4. The number of hydrogen-bond donors (Lipinski definition) is 2. The number of nitrogens with two attached hydrogens (primary N) is 1. The smallest absolute Gasteiger partial charge is 0.416 e. The van der Waals surface area contributed by atoms with Gasteiger partial charge in [0.05, 0.1) is 23.7 Å². The van der Waals surface area contributed by atoms with Crippen LogP contribution in [0, 0.1) is 24.7 Å². The lowest BCUT2D eigenvalue weighted by molar-refractivity contribution is -0.144. The highest BCUT2D eigenvalue weighted by Crippen LogP contribution is 2.37. The summed E-state index contributed by atoms with van der Waals surface area (Å²) in [5.41, 5.74) is 6.74. The highest BCUT2D eigenvalue weighted by molar-refractivity contribution is 5.94. The number of piperidine rings is 1. The summed E-state index contributed by atoms with van der Waals surface area (Å²) in [7, 11) is 0. The number of amides is 2. The fourth-order valence-electron chi connectivity index (χ4n) is 5.19. The number of allylic oxidation sites excluding steroid dienone is 2. The summed E-state index contributed by atoms with van der Waals surface area (Å²) in [6, 6.07) is 3.33. The summed E-state index contributed by atoms with van der Waals surface area (Å²) >= 11 is 0. The van der Waals surface area contributed by atoms with E-state index < -0.39 is 35.5 Å². The maximum atomic E-state index is 13.5. The molecule has 2 aliphatic heterocycles. The third-order valence-corrected chi connectivity index (χ3v) is 7.10. The number of aryl methyl sites for hydroxylation is 1. The van der Waals surface area contributed by atoms with Crippen molar-refractivity contribution in [2.24, 2.45) is 23.5 Å². The number of carbonyl (C=O) groups is 2. The summed E-state index contributed by atoms with van der Waals surface area (Å²) in [4.78, 5) is 28.8. The van der Waals surface area contributed by atoms with Crippen molar-refractivity contribution in [1.29, 1.82) is 0 Å². The number of anilines is 1. The molecule has 3 N–H and O–H groups in total. The molecular formula is C26H30F3N3O3. The predicted molar refractivity (Wildman–Crippen MR) is 126 cm³/mol. The molecule has 1 aromatic carbocycles. The molecular weight excluding hydrogens is 459 g/mol. The minimum Gasteiger partial charge on any atom is -0.500 e. The Labute approximate surface area is 202 Å². The van der Waals surface area contributed by atoms with E-state index in [1.54, 1.807) is 17.2 Å². The van der Waals surface area contributed by atoms with Gasteiger partial charge in [0.25, 0.3) is 0 Å². The van der Waals surface area contributed by atoms with Crippen molar-refractivity contribution < 1.29 is 27.5 Å². The Bertz CT molecular complexity index is 1090. The largest absolute Gasteiger partial charge is 0.500 e. The van der Waals surface area contributed by atoms with Crippen LogP contribution in [0.4, 0.5) is 18.9 Å². The van der Waals surface area contributed by atoms with Gasteiger partial charge < -0.3 is 20.7 Å². The number of likely N-dealkylation sites (tertiary alicyclic amines) is 1. The molecule has 2 heterocycles. The van der Waals surface area contributed by atoms with Crippen molar-refractivity contribution in [2.45, 2.75) is 45.3 Å². The van der Waals surface area contributed by atoms with Crippen LogP contribution in [0.2, 0.25) is 0 Å². The molecule has 4 rings (SSSR count). The monoisotopic (exact) mass is 489 g/mol. The molecule has 6 nitrogen and oxygen atoms in total. The van der Waals surface area contributed by atoms with Crippen LogP contribution in [-0.2, 0) is 20.5 Å². The number of nitrogens with one attached hydrogen (secondary N) is 1. The Morgan fingerprint density at radius 3 is 2.63 bits per heavy atom. The highest BCUT2D eigenvalue weighted by Gasteiger charge is 2.44. The maximum absolute atomic E-state index is 13.5. The third kappa shape index (κ3) is 5.23.